The first-order valence-electron chi connectivity index (χ1n) is 10.4. The molecular formula is C22H32N2O3. The molecule has 0 saturated carbocycles. The number of amides is 1. The van der Waals surface area contributed by atoms with Crippen molar-refractivity contribution in [3.8, 4) is 0 Å². The second-order valence-corrected chi connectivity index (χ2v) is 8.43. The number of carbonyl (C=O) groups excluding carboxylic acids is 1. The van der Waals surface area contributed by atoms with E-state index in [0.29, 0.717) is 24.4 Å². The Labute approximate surface area is 162 Å². The molecule has 3 heterocycles. The number of ether oxygens (including phenoxy) is 2. The Bertz CT molecular complexity index is 679. The number of rotatable bonds is 8. The maximum Gasteiger partial charge on any atom is 0.224 e. The second-order valence-electron chi connectivity index (χ2n) is 8.43. The Kier molecular flexibility index (Phi) is 5.53. The van der Waals surface area contributed by atoms with E-state index in [0.717, 1.165) is 51.4 Å². The predicted octanol–water partition coefficient (Wildman–Crippen LogP) is 2.17. The van der Waals surface area contributed by atoms with Gasteiger partial charge < -0.3 is 14.8 Å². The van der Waals surface area contributed by atoms with Crippen molar-refractivity contribution in [1.29, 1.82) is 0 Å². The Morgan fingerprint density at radius 2 is 2.33 bits per heavy atom. The fourth-order valence-corrected chi connectivity index (χ4v) is 5.37. The average molecular weight is 373 g/mol. The number of hydrogen-bond acceptors (Lipinski definition) is 4. The zero-order valence-electron chi connectivity index (χ0n) is 16.6. The van der Waals surface area contributed by atoms with Gasteiger partial charge in [0.2, 0.25) is 5.91 Å². The van der Waals surface area contributed by atoms with Crippen molar-refractivity contribution in [1.82, 2.24) is 10.2 Å². The van der Waals surface area contributed by atoms with Crippen molar-refractivity contribution in [2.24, 2.45) is 11.8 Å². The van der Waals surface area contributed by atoms with Crippen LogP contribution in [-0.4, -0.2) is 61.9 Å². The minimum absolute atomic E-state index is 0.0306. The van der Waals surface area contributed by atoms with E-state index in [4.69, 9.17) is 9.47 Å². The van der Waals surface area contributed by atoms with Crippen molar-refractivity contribution < 1.29 is 14.3 Å². The lowest BCUT2D eigenvalue weighted by atomic mass is 9.73. The topological polar surface area (TPSA) is 50.8 Å². The summed E-state index contributed by atoms with van der Waals surface area (Å²) >= 11 is 0. The van der Waals surface area contributed by atoms with Gasteiger partial charge in [-0.3, -0.25) is 9.69 Å². The Hall–Kier alpha value is -1.43. The standard InChI is InChI=1S/C22H32N2O3/c1-3-26-10-9-24-14-19-18(20-7-8-22(19,15-24)27-20)13-23-21(25)12-17-6-4-5-16(2)11-17/h4-6,11,18-20H,3,7-10,12-15H2,1-2H3,(H,23,25)/t18-,19+,20+,22+/m0/s1. The van der Waals surface area contributed by atoms with E-state index >= 15 is 0 Å². The highest BCUT2D eigenvalue weighted by Gasteiger charge is 2.62. The van der Waals surface area contributed by atoms with Crippen molar-refractivity contribution >= 4 is 5.91 Å². The van der Waals surface area contributed by atoms with Crippen molar-refractivity contribution in [2.75, 3.05) is 39.4 Å². The van der Waals surface area contributed by atoms with Crippen LogP contribution >= 0.6 is 0 Å². The summed E-state index contributed by atoms with van der Waals surface area (Å²) in [5, 5.41) is 3.19. The van der Waals surface area contributed by atoms with Gasteiger partial charge >= 0.3 is 0 Å². The second kappa shape index (κ2) is 7.90. The fraction of sp³-hybridized carbons (Fsp3) is 0.682. The number of hydrogen-bond donors (Lipinski definition) is 1. The highest BCUT2D eigenvalue weighted by molar-refractivity contribution is 5.78. The summed E-state index contributed by atoms with van der Waals surface area (Å²) < 4.78 is 12.0. The molecule has 4 atom stereocenters. The zero-order valence-corrected chi connectivity index (χ0v) is 16.6. The zero-order chi connectivity index (χ0) is 18.9. The van der Waals surface area contributed by atoms with Crippen LogP contribution in [0, 0.1) is 18.8 Å². The van der Waals surface area contributed by atoms with E-state index in [9.17, 15) is 4.79 Å². The molecule has 0 radical (unpaired) electrons. The van der Waals surface area contributed by atoms with Crippen LogP contribution in [0.25, 0.3) is 0 Å². The monoisotopic (exact) mass is 372 g/mol. The maximum atomic E-state index is 12.4. The van der Waals surface area contributed by atoms with Crippen LogP contribution < -0.4 is 5.32 Å². The molecule has 3 aliphatic heterocycles. The highest BCUT2D eigenvalue weighted by Crippen LogP contribution is 2.54. The van der Waals surface area contributed by atoms with Gasteiger partial charge in [0.15, 0.2) is 0 Å². The largest absolute Gasteiger partial charge is 0.380 e. The third-order valence-corrected chi connectivity index (χ3v) is 6.59. The van der Waals surface area contributed by atoms with Crippen LogP contribution in [-0.2, 0) is 20.7 Å². The molecule has 2 bridgehead atoms. The minimum atomic E-state index is 0.0306. The Morgan fingerprint density at radius 1 is 1.44 bits per heavy atom. The van der Waals surface area contributed by atoms with E-state index in [1.807, 2.05) is 19.1 Å². The van der Waals surface area contributed by atoms with Gasteiger partial charge in [0.05, 0.1) is 24.7 Å². The molecule has 1 aromatic rings. The molecule has 1 amide bonds. The molecule has 1 spiro atoms. The molecule has 5 nitrogen and oxygen atoms in total. The molecule has 0 aliphatic carbocycles. The number of fused-ring (bicyclic) bond motifs is 1. The summed E-state index contributed by atoms with van der Waals surface area (Å²) in [6.45, 7) is 9.48. The number of carbonyl (C=O) groups is 1. The molecular weight excluding hydrogens is 340 g/mol. The maximum absolute atomic E-state index is 12.4. The van der Waals surface area contributed by atoms with Crippen molar-refractivity contribution in [3.63, 3.8) is 0 Å². The van der Waals surface area contributed by atoms with E-state index in [2.05, 4.69) is 29.3 Å². The predicted molar refractivity (Wildman–Crippen MR) is 105 cm³/mol. The number of benzene rings is 1. The minimum Gasteiger partial charge on any atom is -0.380 e. The Morgan fingerprint density at radius 3 is 3.15 bits per heavy atom. The molecule has 0 aromatic heterocycles. The number of nitrogens with one attached hydrogen (secondary N) is 1. The first kappa shape index (κ1) is 18.9. The molecule has 4 rings (SSSR count). The quantitative estimate of drug-likeness (QED) is 0.711. The summed E-state index contributed by atoms with van der Waals surface area (Å²) in [6.07, 6.45) is 3.08. The first-order chi connectivity index (χ1) is 13.1. The molecule has 3 aliphatic rings. The third-order valence-electron chi connectivity index (χ3n) is 6.59. The van der Waals surface area contributed by atoms with Crippen LogP contribution in [0.5, 0.6) is 0 Å². The number of likely N-dealkylation sites (tertiary alicyclic amines) is 1. The first-order valence-corrected chi connectivity index (χ1v) is 10.4. The van der Waals surface area contributed by atoms with E-state index in [1.54, 1.807) is 0 Å². The van der Waals surface area contributed by atoms with Gasteiger partial charge in [-0.2, -0.15) is 0 Å². The van der Waals surface area contributed by atoms with Gasteiger partial charge in [-0.25, -0.2) is 0 Å². The summed E-state index contributed by atoms with van der Waals surface area (Å²) in [4.78, 5) is 14.9. The van der Waals surface area contributed by atoms with Crippen LogP contribution in [0.1, 0.15) is 30.9 Å². The molecule has 5 heteroatoms. The van der Waals surface area contributed by atoms with Crippen LogP contribution in [0.3, 0.4) is 0 Å². The van der Waals surface area contributed by atoms with Gasteiger partial charge in [0.25, 0.3) is 0 Å². The summed E-state index contributed by atoms with van der Waals surface area (Å²) in [7, 11) is 0. The van der Waals surface area contributed by atoms with E-state index in [1.165, 1.54) is 12.0 Å². The average Bonchev–Trinajstić information content (AvgIpc) is 3.28. The molecule has 27 heavy (non-hydrogen) atoms. The lowest BCUT2D eigenvalue weighted by Crippen LogP contribution is -2.42. The number of aryl methyl sites for hydroxylation is 1. The van der Waals surface area contributed by atoms with Crippen LogP contribution in [0.2, 0.25) is 0 Å². The molecule has 0 unspecified atom stereocenters. The van der Waals surface area contributed by atoms with E-state index < -0.39 is 0 Å². The SMILES string of the molecule is CCOCCN1C[C@@H]2[C@H](CNC(=O)Cc3cccc(C)c3)[C@H]3CC[C@]2(C1)O3. The summed E-state index contributed by atoms with van der Waals surface area (Å²) in [5.41, 5.74) is 2.31. The van der Waals surface area contributed by atoms with Gasteiger partial charge in [-0.05, 0) is 32.3 Å². The normalized spacial score (nSPS) is 32.0. The lowest BCUT2D eigenvalue weighted by Gasteiger charge is -2.29. The fourth-order valence-electron chi connectivity index (χ4n) is 5.37. The molecule has 3 saturated heterocycles. The Balaban J connectivity index is 1.31. The number of nitrogens with zero attached hydrogens (tertiary/aromatic N) is 1. The van der Waals surface area contributed by atoms with Gasteiger partial charge in [0, 0.05) is 44.6 Å². The summed E-state index contributed by atoms with van der Waals surface area (Å²) in [6, 6.07) is 8.18. The van der Waals surface area contributed by atoms with Gasteiger partial charge in [-0.15, -0.1) is 0 Å². The lowest BCUT2D eigenvalue weighted by molar-refractivity contribution is -0.120. The van der Waals surface area contributed by atoms with Crippen molar-refractivity contribution in [3.05, 3.63) is 35.4 Å². The smallest absolute Gasteiger partial charge is 0.224 e. The third kappa shape index (κ3) is 3.91. The van der Waals surface area contributed by atoms with Crippen LogP contribution in [0.4, 0.5) is 0 Å². The molecule has 1 aromatic carbocycles. The summed E-state index contributed by atoms with van der Waals surface area (Å²) in [5.74, 6) is 1.10. The van der Waals surface area contributed by atoms with Gasteiger partial charge in [0.1, 0.15) is 0 Å². The van der Waals surface area contributed by atoms with Crippen molar-refractivity contribution in [2.45, 2.75) is 44.8 Å². The van der Waals surface area contributed by atoms with Crippen LogP contribution in [0.15, 0.2) is 24.3 Å². The molecule has 148 valence electrons. The molecule has 1 N–H and O–H groups in total. The molecule has 3 fully saturated rings. The van der Waals surface area contributed by atoms with E-state index in [-0.39, 0.29) is 11.5 Å². The van der Waals surface area contributed by atoms with Gasteiger partial charge in [-0.1, -0.05) is 29.8 Å². The highest BCUT2D eigenvalue weighted by atomic mass is 16.5.